The van der Waals surface area contributed by atoms with Crippen molar-refractivity contribution in [3.8, 4) is 11.8 Å². The van der Waals surface area contributed by atoms with Crippen molar-refractivity contribution >= 4 is 17.3 Å². The number of halogens is 2. The number of hydrogen-bond donors (Lipinski definition) is 1. The monoisotopic (exact) mass is 235 g/mol. The molecule has 0 saturated carbocycles. The zero-order valence-electron chi connectivity index (χ0n) is 8.11. The second-order valence-corrected chi connectivity index (χ2v) is 3.61. The van der Waals surface area contributed by atoms with Gasteiger partial charge in [0.1, 0.15) is 17.6 Å². The first-order valence-corrected chi connectivity index (χ1v) is 4.83. The zero-order valence-corrected chi connectivity index (χ0v) is 8.87. The summed E-state index contributed by atoms with van der Waals surface area (Å²) in [6, 6.07) is 7.88. The minimum Gasteiger partial charge on any atom is -0.397 e. The van der Waals surface area contributed by atoms with Crippen LogP contribution in [0, 0.1) is 17.1 Å². The van der Waals surface area contributed by atoms with Gasteiger partial charge in [-0.25, -0.2) is 4.39 Å². The first kappa shape index (κ1) is 10.5. The van der Waals surface area contributed by atoms with Gasteiger partial charge in [0, 0.05) is 12.3 Å². The lowest BCUT2D eigenvalue weighted by atomic mass is 10.2. The van der Waals surface area contributed by atoms with Gasteiger partial charge in [-0.3, -0.25) is 0 Å². The van der Waals surface area contributed by atoms with Crippen molar-refractivity contribution in [3.63, 3.8) is 0 Å². The van der Waals surface area contributed by atoms with Gasteiger partial charge in [-0.1, -0.05) is 11.6 Å². The van der Waals surface area contributed by atoms with Crippen molar-refractivity contribution in [1.82, 2.24) is 4.57 Å². The number of benzene rings is 1. The molecule has 0 spiro atoms. The molecule has 0 aliphatic carbocycles. The Hall–Kier alpha value is -1.99. The summed E-state index contributed by atoms with van der Waals surface area (Å²) in [6.07, 6.45) is 1.67. The van der Waals surface area contributed by atoms with Crippen molar-refractivity contribution in [2.75, 3.05) is 5.73 Å². The Bertz CT molecular complexity index is 583. The van der Waals surface area contributed by atoms with Crippen LogP contribution in [0.15, 0.2) is 30.5 Å². The summed E-state index contributed by atoms with van der Waals surface area (Å²) in [6.45, 7) is 0. The van der Waals surface area contributed by atoms with Gasteiger partial charge in [-0.2, -0.15) is 5.26 Å². The predicted octanol–water partition coefficient (Wildman–Crippen LogP) is 2.72. The largest absolute Gasteiger partial charge is 0.397 e. The number of aromatic nitrogens is 1. The first-order chi connectivity index (χ1) is 7.63. The van der Waals surface area contributed by atoms with E-state index >= 15 is 0 Å². The van der Waals surface area contributed by atoms with Crippen LogP contribution in [0.1, 0.15) is 5.69 Å². The van der Waals surface area contributed by atoms with Crippen molar-refractivity contribution in [2.24, 2.45) is 0 Å². The lowest BCUT2D eigenvalue weighted by molar-refractivity contribution is 0.628. The van der Waals surface area contributed by atoms with Crippen molar-refractivity contribution in [2.45, 2.75) is 0 Å². The van der Waals surface area contributed by atoms with Crippen molar-refractivity contribution in [1.29, 1.82) is 5.26 Å². The molecule has 0 atom stereocenters. The van der Waals surface area contributed by atoms with E-state index in [1.54, 1.807) is 22.9 Å². The first-order valence-electron chi connectivity index (χ1n) is 4.46. The van der Waals surface area contributed by atoms with E-state index in [0.717, 1.165) is 6.07 Å². The molecule has 0 aliphatic heterocycles. The molecule has 0 radical (unpaired) electrons. The van der Waals surface area contributed by atoms with Gasteiger partial charge in [0.05, 0.1) is 16.4 Å². The predicted molar refractivity (Wildman–Crippen MR) is 59.9 cm³/mol. The van der Waals surface area contributed by atoms with E-state index in [4.69, 9.17) is 22.6 Å². The van der Waals surface area contributed by atoms with Crippen LogP contribution in [0.5, 0.6) is 0 Å². The maximum Gasteiger partial charge on any atom is 0.143 e. The highest BCUT2D eigenvalue weighted by molar-refractivity contribution is 6.31. The maximum atomic E-state index is 13.1. The summed E-state index contributed by atoms with van der Waals surface area (Å²) in [5.41, 5.74) is 6.81. The summed E-state index contributed by atoms with van der Waals surface area (Å²) in [4.78, 5) is 0. The summed E-state index contributed by atoms with van der Waals surface area (Å²) in [5.74, 6) is -0.575. The molecule has 0 saturated heterocycles. The quantitative estimate of drug-likeness (QED) is 0.773. The minimum absolute atomic E-state index is 0.0261. The Morgan fingerprint density at radius 3 is 2.88 bits per heavy atom. The van der Waals surface area contributed by atoms with E-state index in [1.165, 1.54) is 6.07 Å². The SMILES string of the molecule is N#Cc1cccn1-c1cc(Cl)c(F)cc1N. The van der Waals surface area contributed by atoms with Gasteiger partial charge in [0.15, 0.2) is 0 Å². The molecule has 0 amide bonds. The van der Waals surface area contributed by atoms with E-state index in [1.807, 2.05) is 6.07 Å². The molecule has 0 bridgehead atoms. The third-order valence-corrected chi connectivity index (χ3v) is 2.48. The standard InChI is InChI=1S/C11H7ClFN3/c12-8-4-11(10(15)5-9(8)13)16-3-1-2-7(16)6-14/h1-5H,15H2. The summed E-state index contributed by atoms with van der Waals surface area (Å²) in [5, 5.41) is 8.84. The van der Waals surface area contributed by atoms with E-state index in [9.17, 15) is 4.39 Å². The highest BCUT2D eigenvalue weighted by atomic mass is 35.5. The molecule has 1 heterocycles. The van der Waals surface area contributed by atoms with E-state index < -0.39 is 5.82 Å². The number of hydrogen-bond acceptors (Lipinski definition) is 2. The number of nitrogens with two attached hydrogens (primary N) is 1. The average molecular weight is 236 g/mol. The Morgan fingerprint density at radius 1 is 1.44 bits per heavy atom. The van der Waals surface area contributed by atoms with Gasteiger partial charge in [-0.05, 0) is 18.2 Å². The molecule has 16 heavy (non-hydrogen) atoms. The molecule has 1 aromatic carbocycles. The van der Waals surface area contributed by atoms with Crippen molar-refractivity contribution < 1.29 is 4.39 Å². The topological polar surface area (TPSA) is 54.7 Å². The molecule has 2 rings (SSSR count). The molecule has 1 aromatic heterocycles. The fourth-order valence-corrected chi connectivity index (χ4v) is 1.60. The smallest absolute Gasteiger partial charge is 0.143 e. The average Bonchev–Trinajstić information content (AvgIpc) is 2.71. The van der Waals surface area contributed by atoms with Crippen molar-refractivity contribution in [3.05, 3.63) is 47.0 Å². The molecule has 0 unspecified atom stereocenters. The normalized spacial score (nSPS) is 10.1. The molecule has 2 N–H and O–H groups in total. The van der Waals surface area contributed by atoms with E-state index in [2.05, 4.69) is 0 Å². The number of nitrogens with zero attached hydrogens (tertiary/aromatic N) is 2. The second kappa shape index (κ2) is 3.87. The number of anilines is 1. The third-order valence-electron chi connectivity index (χ3n) is 2.19. The van der Waals surface area contributed by atoms with Crippen LogP contribution in [0.4, 0.5) is 10.1 Å². The van der Waals surface area contributed by atoms with E-state index in [0.29, 0.717) is 11.4 Å². The van der Waals surface area contributed by atoms with Crippen LogP contribution in [-0.2, 0) is 0 Å². The molecule has 3 nitrogen and oxygen atoms in total. The van der Waals surface area contributed by atoms with Crippen LogP contribution in [-0.4, -0.2) is 4.57 Å². The van der Waals surface area contributed by atoms with Crippen LogP contribution in [0.3, 0.4) is 0 Å². The fraction of sp³-hybridized carbons (Fsp3) is 0. The van der Waals surface area contributed by atoms with Gasteiger partial charge in [0.2, 0.25) is 0 Å². The lowest BCUT2D eigenvalue weighted by Crippen LogP contribution is -2.01. The molecular formula is C11H7ClFN3. The molecule has 0 aliphatic rings. The third kappa shape index (κ3) is 1.62. The highest BCUT2D eigenvalue weighted by Crippen LogP contribution is 2.26. The second-order valence-electron chi connectivity index (χ2n) is 3.20. The summed E-state index contributed by atoms with van der Waals surface area (Å²) < 4.78 is 14.7. The van der Waals surface area contributed by atoms with Crippen LogP contribution in [0.25, 0.3) is 5.69 Å². The van der Waals surface area contributed by atoms with Gasteiger partial charge in [0.25, 0.3) is 0 Å². The number of nitriles is 1. The Balaban J connectivity index is 2.66. The molecule has 0 fully saturated rings. The van der Waals surface area contributed by atoms with E-state index in [-0.39, 0.29) is 10.7 Å². The van der Waals surface area contributed by atoms with Crippen LogP contribution in [0.2, 0.25) is 5.02 Å². The Kier molecular flexibility index (Phi) is 2.55. The Morgan fingerprint density at radius 2 is 2.19 bits per heavy atom. The maximum absolute atomic E-state index is 13.1. The summed E-state index contributed by atoms with van der Waals surface area (Å²) >= 11 is 5.67. The minimum atomic E-state index is -0.575. The van der Waals surface area contributed by atoms with Crippen LogP contribution < -0.4 is 5.73 Å². The molecule has 2 aromatic rings. The van der Waals surface area contributed by atoms with Gasteiger partial charge < -0.3 is 10.3 Å². The summed E-state index contributed by atoms with van der Waals surface area (Å²) in [7, 11) is 0. The van der Waals surface area contributed by atoms with Crippen LogP contribution >= 0.6 is 11.6 Å². The number of nitrogen functional groups attached to an aromatic ring is 1. The number of rotatable bonds is 1. The van der Waals surface area contributed by atoms with Gasteiger partial charge >= 0.3 is 0 Å². The lowest BCUT2D eigenvalue weighted by Gasteiger charge is -2.09. The fourth-order valence-electron chi connectivity index (χ4n) is 1.44. The molecule has 5 heteroatoms. The Labute approximate surface area is 96.5 Å². The highest BCUT2D eigenvalue weighted by Gasteiger charge is 2.10. The zero-order chi connectivity index (χ0) is 11.7. The molecular weight excluding hydrogens is 229 g/mol. The van der Waals surface area contributed by atoms with Gasteiger partial charge in [-0.15, -0.1) is 0 Å². The molecule has 80 valence electrons.